The predicted octanol–water partition coefficient (Wildman–Crippen LogP) is 2.71. The molecular weight excluding hydrogens is 250 g/mol. The van der Waals surface area contributed by atoms with Gasteiger partial charge in [-0.2, -0.15) is 0 Å². The third kappa shape index (κ3) is 2.73. The van der Waals surface area contributed by atoms with E-state index < -0.39 is 0 Å². The molecule has 2 aliphatic rings. The van der Waals surface area contributed by atoms with E-state index in [-0.39, 0.29) is 11.9 Å². The molecule has 1 saturated carbocycles. The van der Waals surface area contributed by atoms with Gasteiger partial charge in [-0.15, -0.1) is 0 Å². The fraction of sp³-hybridized carbons (Fsp3) is 0.588. The summed E-state index contributed by atoms with van der Waals surface area (Å²) in [5, 5.41) is 0. The van der Waals surface area contributed by atoms with Gasteiger partial charge in [-0.05, 0) is 37.2 Å². The molecule has 2 bridgehead atoms. The van der Waals surface area contributed by atoms with E-state index in [1.54, 1.807) is 0 Å². The third-order valence-corrected chi connectivity index (χ3v) is 4.72. The number of carbonyl (C=O) groups excluding carboxylic acids is 1. The molecule has 1 aromatic carbocycles. The van der Waals surface area contributed by atoms with Crippen molar-refractivity contribution < 1.29 is 9.53 Å². The number of fused-ring (bicyclic) bond motifs is 2. The van der Waals surface area contributed by atoms with Crippen LogP contribution in [0.3, 0.4) is 0 Å². The van der Waals surface area contributed by atoms with Gasteiger partial charge in [0, 0.05) is 19.6 Å². The van der Waals surface area contributed by atoms with Crippen LogP contribution in [0.25, 0.3) is 0 Å². The third-order valence-electron chi connectivity index (χ3n) is 4.72. The summed E-state index contributed by atoms with van der Waals surface area (Å²) in [7, 11) is 0. The van der Waals surface area contributed by atoms with Gasteiger partial charge in [-0.1, -0.05) is 30.3 Å². The Hall–Kier alpha value is -1.35. The highest BCUT2D eigenvalue weighted by Crippen LogP contribution is 2.42. The van der Waals surface area contributed by atoms with Crippen LogP contribution in [0.1, 0.15) is 25.3 Å². The molecular formula is C17H23NO2. The Morgan fingerprint density at radius 1 is 1.20 bits per heavy atom. The van der Waals surface area contributed by atoms with E-state index in [0.717, 1.165) is 19.6 Å². The van der Waals surface area contributed by atoms with E-state index in [1.165, 1.54) is 18.4 Å². The fourth-order valence-corrected chi connectivity index (χ4v) is 3.91. The topological polar surface area (TPSA) is 29.5 Å². The molecule has 20 heavy (non-hydrogen) atoms. The molecule has 3 nitrogen and oxygen atoms in total. The van der Waals surface area contributed by atoms with Crippen LogP contribution in [0.2, 0.25) is 0 Å². The van der Waals surface area contributed by atoms with E-state index in [9.17, 15) is 4.79 Å². The molecule has 0 amide bonds. The van der Waals surface area contributed by atoms with Crippen molar-refractivity contribution >= 4 is 5.97 Å². The van der Waals surface area contributed by atoms with Gasteiger partial charge < -0.3 is 4.74 Å². The molecule has 108 valence electrons. The van der Waals surface area contributed by atoms with Crippen LogP contribution < -0.4 is 0 Å². The van der Waals surface area contributed by atoms with Gasteiger partial charge in [-0.25, -0.2) is 0 Å². The zero-order valence-electron chi connectivity index (χ0n) is 12.1. The number of hydrogen-bond donors (Lipinski definition) is 0. The first kappa shape index (κ1) is 13.6. The van der Waals surface area contributed by atoms with Crippen LogP contribution >= 0.6 is 0 Å². The second-order valence-corrected chi connectivity index (χ2v) is 6.06. The number of nitrogens with zero attached hydrogens (tertiary/aromatic N) is 1. The van der Waals surface area contributed by atoms with E-state index in [1.807, 2.05) is 6.92 Å². The Balaban J connectivity index is 1.63. The highest BCUT2D eigenvalue weighted by molar-refractivity contribution is 5.73. The molecule has 1 aromatic rings. The van der Waals surface area contributed by atoms with Crippen LogP contribution in [-0.2, 0) is 16.1 Å². The largest absolute Gasteiger partial charge is 0.466 e. The summed E-state index contributed by atoms with van der Waals surface area (Å²) in [6.07, 6.45) is 2.36. The van der Waals surface area contributed by atoms with Gasteiger partial charge in [0.2, 0.25) is 0 Å². The van der Waals surface area contributed by atoms with Crippen molar-refractivity contribution in [1.82, 2.24) is 4.90 Å². The molecule has 1 aliphatic heterocycles. The number of likely N-dealkylation sites (tertiary alicyclic amines) is 1. The minimum absolute atomic E-state index is 0.0411. The molecule has 0 aromatic heterocycles. The SMILES string of the molecule is CCOC(=O)C1[C@@H]2CC[C@H]1CN(Cc1ccccc1)C2. The highest BCUT2D eigenvalue weighted by atomic mass is 16.5. The van der Waals surface area contributed by atoms with E-state index >= 15 is 0 Å². The summed E-state index contributed by atoms with van der Waals surface area (Å²) in [4.78, 5) is 14.6. The normalized spacial score (nSPS) is 29.4. The molecule has 1 unspecified atom stereocenters. The molecule has 1 aliphatic carbocycles. The lowest BCUT2D eigenvalue weighted by atomic mass is 9.85. The molecule has 0 N–H and O–H groups in total. The maximum atomic E-state index is 12.1. The molecule has 0 radical (unpaired) electrons. The Labute approximate surface area is 120 Å². The highest BCUT2D eigenvalue weighted by Gasteiger charge is 2.46. The monoisotopic (exact) mass is 273 g/mol. The van der Waals surface area contributed by atoms with Crippen molar-refractivity contribution in [3.63, 3.8) is 0 Å². The summed E-state index contributed by atoms with van der Waals surface area (Å²) < 4.78 is 5.26. The standard InChI is InChI=1S/C17H23NO2/c1-2-20-17(19)16-14-8-9-15(16)12-18(11-14)10-13-6-4-3-5-7-13/h3-7,14-16H,2,8-12H2,1H3/t14-,15+,16?. The first-order valence-electron chi connectivity index (χ1n) is 7.71. The molecule has 3 heteroatoms. The molecule has 2 fully saturated rings. The lowest BCUT2D eigenvalue weighted by Crippen LogP contribution is -2.44. The van der Waals surface area contributed by atoms with E-state index in [4.69, 9.17) is 4.74 Å². The van der Waals surface area contributed by atoms with Gasteiger partial charge in [0.15, 0.2) is 0 Å². The van der Waals surface area contributed by atoms with E-state index in [2.05, 4.69) is 35.2 Å². The van der Waals surface area contributed by atoms with Gasteiger partial charge in [-0.3, -0.25) is 9.69 Å². The van der Waals surface area contributed by atoms with Gasteiger partial charge in [0.1, 0.15) is 0 Å². The zero-order valence-corrected chi connectivity index (χ0v) is 12.1. The van der Waals surface area contributed by atoms with E-state index in [0.29, 0.717) is 18.4 Å². The minimum atomic E-state index is 0.0411. The van der Waals surface area contributed by atoms with Crippen LogP contribution in [0.4, 0.5) is 0 Å². The smallest absolute Gasteiger partial charge is 0.309 e. The molecule has 1 saturated heterocycles. The number of esters is 1. The summed E-state index contributed by atoms with van der Waals surface area (Å²) in [5.74, 6) is 1.19. The first-order chi connectivity index (χ1) is 9.78. The van der Waals surface area contributed by atoms with Crippen molar-refractivity contribution in [2.75, 3.05) is 19.7 Å². The molecule has 3 atom stereocenters. The average Bonchev–Trinajstić information content (AvgIpc) is 2.72. The number of benzene rings is 1. The van der Waals surface area contributed by atoms with Crippen molar-refractivity contribution in [1.29, 1.82) is 0 Å². The fourth-order valence-electron chi connectivity index (χ4n) is 3.91. The summed E-state index contributed by atoms with van der Waals surface area (Å²) in [5.41, 5.74) is 1.36. The van der Waals surface area contributed by atoms with Gasteiger partial charge in [0.25, 0.3) is 0 Å². The van der Waals surface area contributed by atoms with Gasteiger partial charge in [0.05, 0.1) is 12.5 Å². The number of carbonyl (C=O) groups is 1. The Kier molecular flexibility index (Phi) is 4.06. The number of hydrogen-bond acceptors (Lipinski definition) is 3. The molecule has 3 rings (SSSR count). The van der Waals surface area contributed by atoms with Crippen LogP contribution in [-0.4, -0.2) is 30.6 Å². The van der Waals surface area contributed by atoms with Crippen molar-refractivity contribution in [2.24, 2.45) is 17.8 Å². The lowest BCUT2D eigenvalue weighted by Gasteiger charge is -2.36. The minimum Gasteiger partial charge on any atom is -0.466 e. The number of piperidine rings is 1. The second-order valence-electron chi connectivity index (χ2n) is 6.06. The lowest BCUT2D eigenvalue weighted by molar-refractivity contribution is -0.153. The molecule has 0 spiro atoms. The van der Waals surface area contributed by atoms with Crippen molar-refractivity contribution in [2.45, 2.75) is 26.3 Å². The Bertz CT molecular complexity index is 445. The van der Waals surface area contributed by atoms with Crippen LogP contribution in [0.5, 0.6) is 0 Å². The first-order valence-corrected chi connectivity index (χ1v) is 7.71. The quantitative estimate of drug-likeness (QED) is 0.790. The number of rotatable bonds is 4. The zero-order chi connectivity index (χ0) is 13.9. The van der Waals surface area contributed by atoms with Crippen LogP contribution in [0.15, 0.2) is 30.3 Å². The number of ether oxygens (including phenoxy) is 1. The molecule has 1 heterocycles. The predicted molar refractivity (Wildman–Crippen MR) is 78.1 cm³/mol. The summed E-state index contributed by atoms with van der Waals surface area (Å²) in [6.45, 7) is 5.47. The van der Waals surface area contributed by atoms with Gasteiger partial charge >= 0.3 is 5.97 Å². The van der Waals surface area contributed by atoms with Crippen molar-refractivity contribution in [3.05, 3.63) is 35.9 Å². The second kappa shape index (κ2) is 5.96. The summed E-state index contributed by atoms with van der Waals surface area (Å²) >= 11 is 0. The van der Waals surface area contributed by atoms with Crippen LogP contribution in [0, 0.1) is 17.8 Å². The Morgan fingerprint density at radius 3 is 2.45 bits per heavy atom. The summed E-state index contributed by atoms with van der Waals surface area (Å²) in [6, 6.07) is 10.6. The Morgan fingerprint density at radius 2 is 1.85 bits per heavy atom. The maximum absolute atomic E-state index is 12.1. The maximum Gasteiger partial charge on any atom is 0.309 e. The average molecular weight is 273 g/mol. The van der Waals surface area contributed by atoms with Crippen molar-refractivity contribution in [3.8, 4) is 0 Å².